The van der Waals surface area contributed by atoms with E-state index in [4.69, 9.17) is 14.6 Å². The smallest absolute Gasteiger partial charge is 0.404 e. The number of carbonyl (C=O) groups is 1. The van der Waals surface area contributed by atoms with Crippen molar-refractivity contribution in [2.24, 2.45) is 5.41 Å². The van der Waals surface area contributed by atoms with Crippen molar-refractivity contribution in [1.29, 1.82) is 0 Å². The van der Waals surface area contributed by atoms with Gasteiger partial charge in [0.25, 0.3) is 0 Å². The summed E-state index contributed by atoms with van der Waals surface area (Å²) in [5, 5.41) is 10.9. The van der Waals surface area contributed by atoms with E-state index < -0.39 is 6.09 Å². The van der Waals surface area contributed by atoms with E-state index in [1.807, 2.05) is 24.3 Å². The van der Waals surface area contributed by atoms with Gasteiger partial charge in [-0.05, 0) is 42.5 Å². The molecular weight excluding hydrogens is 258 g/mol. The van der Waals surface area contributed by atoms with E-state index in [0.29, 0.717) is 13.2 Å². The second-order valence-electron chi connectivity index (χ2n) is 5.42. The summed E-state index contributed by atoms with van der Waals surface area (Å²) in [6.07, 6.45) is 0.668. The predicted molar refractivity (Wildman–Crippen MR) is 77.5 cm³/mol. The molecule has 1 rings (SSSR count). The van der Waals surface area contributed by atoms with Crippen LogP contribution in [0.1, 0.15) is 26.7 Å². The molecule has 1 aromatic carbocycles. The molecule has 0 radical (unpaired) electrons. The fourth-order valence-corrected chi connectivity index (χ4v) is 1.75. The summed E-state index contributed by atoms with van der Waals surface area (Å²) >= 11 is 0. The van der Waals surface area contributed by atoms with E-state index in [1.54, 1.807) is 7.11 Å². The van der Waals surface area contributed by atoms with Gasteiger partial charge >= 0.3 is 6.09 Å². The van der Waals surface area contributed by atoms with E-state index in [9.17, 15) is 4.79 Å². The zero-order valence-electron chi connectivity index (χ0n) is 12.3. The highest BCUT2D eigenvalue weighted by Gasteiger charge is 2.17. The van der Waals surface area contributed by atoms with Gasteiger partial charge in [0.2, 0.25) is 0 Å². The third-order valence-corrected chi connectivity index (χ3v) is 3.19. The van der Waals surface area contributed by atoms with Gasteiger partial charge in [-0.15, -0.1) is 0 Å². The Morgan fingerprint density at radius 1 is 1.20 bits per heavy atom. The van der Waals surface area contributed by atoms with Gasteiger partial charge in [0.15, 0.2) is 0 Å². The number of amides is 1. The van der Waals surface area contributed by atoms with Crippen LogP contribution in [0.15, 0.2) is 24.3 Å². The molecule has 0 aromatic heterocycles. The lowest BCUT2D eigenvalue weighted by Crippen LogP contribution is -2.27. The average Bonchev–Trinajstić information content (AvgIpc) is 2.38. The van der Waals surface area contributed by atoms with Crippen molar-refractivity contribution in [3.8, 4) is 11.5 Å². The molecule has 0 heterocycles. The second-order valence-corrected chi connectivity index (χ2v) is 5.42. The van der Waals surface area contributed by atoms with Crippen LogP contribution in [0.4, 0.5) is 4.79 Å². The van der Waals surface area contributed by atoms with Crippen molar-refractivity contribution in [1.82, 2.24) is 5.32 Å². The number of carboxylic acid groups (broad SMARTS) is 1. The van der Waals surface area contributed by atoms with Crippen LogP contribution in [0.2, 0.25) is 0 Å². The van der Waals surface area contributed by atoms with Crippen LogP contribution in [-0.4, -0.2) is 31.5 Å². The molecule has 0 aliphatic rings. The minimum atomic E-state index is -0.977. The zero-order chi connectivity index (χ0) is 15.0. The van der Waals surface area contributed by atoms with Crippen molar-refractivity contribution >= 4 is 6.09 Å². The van der Waals surface area contributed by atoms with Gasteiger partial charge in [0.1, 0.15) is 11.5 Å². The largest absolute Gasteiger partial charge is 0.497 e. The minimum absolute atomic E-state index is 0.0366. The third kappa shape index (κ3) is 6.31. The SMILES string of the molecule is COc1ccc(OCCC(C)(C)CCNC(=O)O)cc1. The summed E-state index contributed by atoms with van der Waals surface area (Å²) < 4.78 is 10.8. The summed E-state index contributed by atoms with van der Waals surface area (Å²) in [6, 6.07) is 7.46. The molecule has 0 bridgehead atoms. The van der Waals surface area contributed by atoms with E-state index in [-0.39, 0.29) is 5.41 Å². The number of methoxy groups -OCH3 is 1. The molecule has 20 heavy (non-hydrogen) atoms. The van der Waals surface area contributed by atoms with Gasteiger partial charge in [0.05, 0.1) is 13.7 Å². The third-order valence-electron chi connectivity index (χ3n) is 3.19. The number of benzene rings is 1. The highest BCUT2D eigenvalue weighted by Crippen LogP contribution is 2.25. The highest BCUT2D eigenvalue weighted by molar-refractivity contribution is 5.64. The van der Waals surface area contributed by atoms with Crippen LogP contribution < -0.4 is 14.8 Å². The monoisotopic (exact) mass is 281 g/mol. The van der Waals surface area contributed by atoms with Crippen molar-refractivity contribution in [2.75, 3.05) is 20.3 Å². The Morgan fingerprint density at radius 2 is 1.80 bits per heavy atom. The normalized spacial score (nSPS) is 10.9. The maximum Gasteiger partial charge on any atom is 0.404 e. The maximum atomic E-state index is 10.4. The quantitative estimate of drug-likeness (QED) is 0.768. The van der Waals surface area contributed by atoms with Gasteiger partial charge in [0, 0.05) is 6.54 Å². The van der Waals surface area contributed by atoms with Crippen LogP contribution in [0.25, 0.3) is 0 Å². The zero-order valence-corrected chi connectivity index (χ0v) is 12.3. The first-order valence-corrected chi connectivity index (χ1v) is 6.66. The molecule has 0 aliphatic carbocycles. The molecule has 0 aliphatic heterocycles. The molecule has 2 N–H and O–H groups in total. The molecule has 0 saturated carbocycles. The Hall–Kier alpha value is -1.91. The van der Waals surface area contributed by atoms with Crippen LogP contribution in [-0.2, 0) is 0 Å². The second kappa shape index (κ2) is 7.62. The summed E-state index contributed by atoms with van der Waals surface area (Å²) in [5.74, 6) is 1.61. The number of hydrogen-bond acceptors (Lipinski definition) is 3. The Kier molecular flexibility index (Phi) is 6.15. The topological polar surface area (TPSA) is 67.8 Å². The van der Waals surface area contributed by atoms with Crippen LogP contribution in [0, 0.1) is 5.41 Å². The molecule has 0 spiro atoms. The lowest BCUT2D eigenvalue weighted by molar-refractivity contribution is 0.187. The molecular formula is C15H23NO4. The van der Waals surface area contributed by atoms with Crippen molar-refractivity contribution in [3.05, 3.63) is 24.3 Å². The van der Waals surface area contributed by atoms with Gasteiger partial charge in [-0.25, -0.2) is 4.79 Å². The van der Waals surface area contributed by atoms with E-state index in [1.165, 1.54) is 0 Å². The molecule has 0 fully saturated rings. The molecule has 1 amide bonds. The van der Waals surface area contributed by atoms with Crippen LogP contribution in [0.5, 0.6) is 11.5 Å². The van der Waals surface area contributed by atoms with Gasteiger partial charge in [-0.2, -0.15) is 0 Å². The minimum Gasteiger partial charge on any atom is -0.497 e. The maximum absolute atomic E-state index is 10.4. The Balaban J connectivity index is 2.28. The first-order valence-electron chi connectivity index (χ1n) is 6.66. The molecule has 0 saturated heterocycles. The lowest BCUT2D eigenvalue weighted by atomic mass is 9.86. The fraction of sp³-hybridized carbons (Fsp3) is 0.533. The van der Waals surface area contributed by atoms with Crippen LogP contribution in [0.3, 0.4) is 0 Å². The first-order chi connectivity index (χ1) is 9.43. The summed E-state index contributed by atoms with van der Waals surface area (Å²) in [6.45, 7) is 5.28. The molecule has 5 nitrogen and oxygen atoms in total. The molecule has 112 valence electrons. The number of ether oxygens (including phenoxy) is 2. The molecule has 1 aromatic rings. The number of hydrogen-bond donors (Lipinski definition) is 2. The van der Waals surface area contributed by atoms with Crippen molar-refractivity contribution in [3.63, 3.8) is 0 Å². The van der Waals surface area contributed by atoms with Crippen LogP contribution >= 0.6 is 0 Å². The summed E-state index contributed by atoms with van der Waals surface area (Å²) in [5.41, 5.74) is 0.0366. The standard InChI is InChI=1S/C15H23NO4/c1-15(2,8-10-16-14(17)18)9-11-20-13-6-4-12(19-3)5-7-13/h4-7,16H,8-11H2,1-3H3,(H,17,18). The van der Waals surface area contributed by atoms with Crippen molar-refractivity contribution in [2.45, 2.75) is 26.7 Å². The molecule has 0 unspecified atom stereocenters. The Bertz CT molecular complexity index is 414. The van der Waals surface area contributed by atoms with Crippen molar-refractivity contribution < 1.29 is 19.4 Å². The predicted octanol–water partition coefficient (Wildman–Crippen LogP) is 3.15. The van der Waals surface area contributed by atoms with E-state index >= 15 is 0 Å². The van der Waals surface area contributed by atoms with E-state index in [2.05, 4.69) is 19.2 Å². The number of rotatable bonds is 8. The highest BCUT2D eigenvalue weighted by atomic mass is 16.5. The molecule has 5 heteroatoms. The van der Waals surface area contributed by atoms with Gasteiger partial charge < -0.3 is 19.9 Å². The summed E-state index contributed by atoms with van der Waals surface area (Å²) in [7, 11) is 1.63. The van der Waals surface area contributed by atoms with Gasteiger partial charge in [-0.3, -0.25) is 0 Å². The summed E-state index contributed by atoms with van der Waals surface area (Å²) in [4.78, 5) is 10.4. The Labute approximate surface area is 119 Å². The number of nitrogens with one attached hydrogen (secondary N) is 1. The average molecular weight is 281 g/mol. The van der Waals surface area contributed by atoms with Gasteiger partial charge in [-0.1, -0.05) is 13.8 Å². The lowest BCUT2D eigenvalue weighted by Gasteiger charge is -2.24. The molecule has 0 atom stereocenters. The first kappa shape index (κ1) is 16.1. The Morgan fingerprint density at radius 3 is 2.35 bits per heavy atom. The van der Waals surface area contributed by atoms with E-state index in [0.717, 1.165) is 24.3 Å². The fourth-order valence-electron chi connectivity index (χ4n) is 1.75.